The number of carbonyl (C=O) groups excluding carboxylic acids is 3. The minimum Gasteiger partial charge on any atom is -0.388 e. The first-order valence-electron chi connectivity index (χ1n) is 16.3. The molecular weight excluding hydrogens is 560 g/mol. The second-order valence-corrected chi connectivity index (χ2v) is 12.3. The lowest BCUT2D eigenvalue weighted by atomic mass is 9.60. The van der Waals surface area contributed by atoms with Crippen molar-refractivity contribution in [3.8, 4) is 11.1 Å². The Balaban J connectivity index is 0.000000617. The Morgan fingerprint density at radius 1 is 0.889 bits per heavy atom. The molecule has 45 heavy (non-hydrogen) atoms. The molecule has 3 N–H and O–H groups in total. The summed E-state index contributed by atoms with van der Waals surface area (Å²) in [5, 5.41) is 2.75. The minimum atomic E-state index is 0.250. The molecule has 0 aliphatic heterocycles. The molecule has 0 fully saturated rings. The summed E-state index contributed by atoms with van der Waals surface area (Å²) in [4.78, 5) is 33.5. The lowest BCUT2D eigenvalue weighted by Gasteiger charge is -2.44. The van der Waals surface area contributed by atoms with E-state index in [1.165, 1.54) is 42.4 Å². The second kappa shape index (κ2) is 20.6. The second-order valence-electron chi connectivity index (χ2n) is 12.3. The molecule has 0 saturated carbocycles. The number of aryl methyl sites for hydroxylation is 1. The first-order valence-corrected chi connectivity index (χ1v) is 16.3. The number of methoxy groups -OCH3 is 1. The maximum absolute atomic E-state index is 13.9. The number of amides is 1. The maximum Gasteiger partial charge on any atom is 0.204 e. The van der Waals surface area contributed by atoms with Crippen LogP contribution in [0.4, 0.5) is 0 Å². The van der Waals surface area contributed by atoms with Gasteiger partial charge in [-0.2, -0.15) is 0 Å². The van der Waals surface area contributed by atoms with E-state index in [1.807, 2.05) is 38.4 Å². The molecule has 0 bridgehead atoms. The Morgan fingerprint density at radius 3 is 1.91 bits per heavy atom. The molecule has 3 aliphatic carbocycles. The first kappa shape index (κ1) is 39.7. The normalized spacial score (nSPS) is 19.3. The van der Waals surface area contributed by atoms with Gasteiger partial charge in [0, 0.05) is 30.9 Å². The van der Waals surface area contributed by atoms with Crippen molar-refractivity contribution in [2.45, 2.75) is 86.5 Å². The highest BCUT2D eigenvalue weighted by molar-refractivity contribution is 6.13. The zero-order chi connectivity index (χ0) is 34.1. The fraction of sp³-hybridized carbons (Fsp3) is 0.513. The van der Waals surface area contributed by atoms with E-state index in [0.717, 1.165) is 53.4 Å². The van der Waals surface area contributed by atoms with E-state index < -0.39 is 0 Å². The molecule has 0 spiro atoms. The van der Waals surface area contributed by atoms with Gasteiger partial charge in [-0.05, 0) is 107 Å². The molecule has 248 valence electrons. The minimum absolute atomic E-state index is 0.250. The molecule has 3 aliphatic rings. The van der Waals surface area contributed by atoms with Crippen LogP contribution < -0.4 is 11.1 Å². The number of primary amides is 1. The number of ether oxygens (including phenoxy) is 1. The largest absolute Gasteiger partial charge is 0.388 e. The van der Waals surface area contributed by atoms with Crippen LogP contribution in [-0.4, -0.2) is 46.8 Å². The number of hydrogen-bond acceptors (Lipinski definition) is 5. The number of carbonyl (C=O) groups is 3. The maximum atomic E-state index is 13.9. The molecule has 2 aromatic carbocycles. The Kier molecular flexibility index (Phi) is 18.2. The van der Waals surface area contributed by atoms with E-state index in [9.17, 15) is 9.59 Å². The number of benzene rings is 2. The van der Waals surface area contributed by atoms with Gasteiger partial charge < -0.3 is 15.8 Å². The number of unbranched alkanes of at least 4 members (excludes halogenated alkanes) is 2. The predicted octanol–water partition coefficient (Wildman–Crippen LogP) is 8.31. The van der Waals surface area contributed by atoms with Gasteiger partial charge in [0.1, 0.15) is 6.29 Å². The SMILES string of the molecule is CC1=C(C)CC2C(C)=C3C(=O)c4c(C)ccc(-c5ccc(C=O)cc5)c4CC3CC2C1.CCCCC.CNC.COC.NC=O. The van der Waals surface area contributed by atoms with Crippen LogP contribution in [0.3, 0.4) is 0 Å². The molecule has 2 aromatic rings. The number of nitrogens with one attached hydrogen (secondary N) is 1. The van der Waals surface area contributed by atoms with Crippen molar-refractivity contribution in [1.82, 2.24) is 5.32 Å². The molecular formula is C39H58N2O4. The number of allylic oxidation sites excluding steroid dienone is 4. The van der Waals surface area contributed by atoms with Crippen molar-refractivity contribution < 1.29 is 19.1 Å². The van der Waals surface area contributed by atoms with Crippen LogP contribution in [0, 0.1) is 24.7 Å². The number of hydrogen-bond donors (Lipinski definition) is 2. The van der Waals surface area contributed by atoms with Crippen molar-refractivity contribution in [3.63, 3.8) is 0 Å². The van der Waals surface area contributed by atoms with Gasteiger partial charge in [0.05, 0.1) is 0 Å². The highest BCUT2D eigenvalue weighted by atomic mass is 16.4. The molecule has 0 saturated heterocycles. The smallest absolute Gasteiger partial charge is 0.204 e. The van der Waals surface area contributed by atoms with Gasteiger partial charge in [-0.25, -0.2) is 0 Å². The molecule has 6 heteroatoms. The zero-order valence-corrected chi connectivity index (χ0v) is 29.5. The summed E-state index contributed by atoms with van der Waals surface area (Å²) in [7, 11) is 7.00. The van der Waals surface area contributed by atoms with Crippen LogP contribution in [0.25, 0.3) is 11.1 Å². The van der Waals surface area contributed by atoms with E-state index in [1.54, 1.807) is 19.8 Å². The molecule has 0 radical (unpaired) electrons. The fourth-order valence-corrected chi connectivity index (χ4v) is 6.73. The van der Waals surface area contributed by atoms with E-state index in [-0.39, 0.29) is 12.2 Å². The summed E-state index contributed by atoms with van der Waals surface area (Å²) in [5.41, 5.74) is 15.8. The topological polar surface area (TPSA) is 98.5 Å². The van der Waals surface area contributed by atoms with E-state index in [2.05, 4.69) is 69.5 Å². The molecule has 3 unspecified atom stereocenters. The van der Waals surface area contributed by atoms with Crippen molar-refractivity contribution in [1.29, 1.82) is 0 Å². The van der Waals surface area contributed by atoms with Gasteiger partial charge >= 0.3 is 0 Å². The van der Waals surface area contributed by atoms with Crippen LogP contribution in [0.1, 0.15) is 105 Å². The lowest BCUT2D eigenvalue weighted by molar-refractivity contribution is -0.106. The molecule has 1 amide bonds. The van der Waals surface area contributed by atoms with Crippen molar-refractivity contribution in [2.75, 3.05) is 28.3 Å². The van der Waals surface area contributed by atoms with Gasteiger partial charge in [0.25, 0.3) is 0 Å². The summed E-state index contributed by atoms with van der Waals surface area (Å²) >= 11 is 0. The Morgan fingerprint density at radius 2 is 1.42 bits per heavy atom. The van der Waals surface area contributed by atoms with Crippen molar-refractivity contribution in [2.24, 2.45) is 23.5 Å². The van der Waals surface area contributed by atoms with E-state index >= 15 is 0 Å². The summed E-state index contributed by atoms with van der Waals surface area (Å²) in [6.45, 7) is 13.3. The molecule has 6 nitrogen and oxygen atoms in total. The van der Waals surface area contributed by atoms with Crippen LogP contribution in [0.2, 0.25) is 0 Å². The number of ketones is 1. The fourth-order valence-electron chi connectivity index (χ4n) is 6.73. The summed E-state index contributed by atoms with van der Waals surface area (Å²) in [6, 6.07) is 12.0. The van der Waals surface area contributed by atoms with Crippen LogP contribution in [-0.2, 0) is 16.0 Å². The third-order valence-electron chi connectivity index (χ3n) is 8.88. The standard InChI is InChI=1S/C29H30O2.C5H12.C2H7N.C2H6O.CH3NO/c1-16-5-10-24(21-8-6-20(15-30)7-9-21)26-14-23-13-22-11-17(2)18(3)12-25(22)19(4)28(23)29(31)27(16)26;1-3-5-4-2;2*1-3-2;2-1-3/h5-10,15,22-23,25H,11-14H2,1-4H3;3-5H2,1-2H3;3H,1-2H3;1-2H3;1H,(H2,2,3). The third kappa shape index (κ3) is 10.6. The summed E-state index contributed by atoms with van der Waals surface area (Å²) in [6.07, 6.45) is 9.54. The molecule has 3 atom stereocenters. The predicted molar refractivity (Wildman–Crippen MR) is 189 cm³/mol. The highest BCUT2D eigenvalue weighted by Gasteiger charge is 2.43. The van der Waals surface area contributed by atoms with Gasteiger partial charge in [0.15, 0.2) is 5.78 Å². The van der Waals surface area contributed by atoms with Crippen LogP contribution in [0.15, 0.2) is 58.7 Å². The van der Waals surface area contributed by atoms with Gasteiger partial charge in [0.2, 0.25) is 6.41 Å². The van der Waals surface area contributed by atoms with Crippen molar-refractivity contribution in [3.05, 3.63) is 80.9 Å². The van der Waals surface area contributed by atoms with Gasteiger partial charge in [-0.1, -0.05) is 86.2 Å². The average Bonchev–Trinajstić information content (AvgIpc) is 3.00. The molecule has 0 heterocycles. The van der Waals surface area contributed by atoms with E-state index in [4.69, 9.17) is 4.79 Å². The van der Waals surface area contributed by atoms with Crippen molar-refractivity contribution >= 4 is 18.5 Å². The summed E-state index contributed by atoms with van der Waals surface area (Å²) in [5.74, 6) is 1.77. The summed E-state index contributed by atoms with van der Waals surface area (Å²) < 4.78 is 4.25. The number of Topliss-reactive ketones (excluding diaryl/α,β-unsaturated/α-hetero) is 1. The molecule has 5 rings (SSSR count). The van der Waals surface area contributed by atoms with Crippen LogP contribution >= 0.6 is 0 Å². The monoisotopic (exact) mass is 618 g/mol. The first-order chi connectivity index (χ1) is 21.5. The Labute approximate surface area is 272 Å². The lowest BCUT2D eigenvalue weighted by Crippen LogP contribution is -2.36. The zero-order valence-electron chi connectivity index (χ0n) is 29.5. The average molecular weight is 619 g/mol. The van der Waals surface area contributed by atoms with Gasteiger partial charge in [-0.15, -0.1) is 0 Å². The Bertz CT molecular complexity index is 1300. The number of rotatable bonds is 4. The van der Waals surface area contributed by atoms with E-state index in [0.29, 0.717) is 23.3 Å². The number of fused-ring (bicyclic) bond motifs is 3. The van der Waals surface area contributed by atoms with Crippen LogP contribution in [0.5, 0.6) is 0 Å². The van der Waals surface area contributed by atoms with Gasteiger partial charge in [-0.3, -0.25) is 14.4 Å². The number of aldehydes is 1. The molecule has 0 aromatic heterocycles. The highest BCUT2D eigenvalue weighted by Crippen LogP contribution is 2.51. The quantitative estimate of drug-likeness (QED) is 0.265. The Hall–Kier alpha value is -3.35. The number of nitrogens with two attached hydrogens (primary N) is 1. The third-order valence-corrected chi connectivity index (χ3v) is 8.88.